The monoisotopic (exact) mass is 293 g/mol. The van der Waals surface area contributed by atoms with Gasteiger partial charge in [0.15, 0.2) is 11.6 Å². The smallest absolute Gasteiger partial charge is 0.332 e. The summed E-state index contributed by atoms with van der Waals surface area (Å²) < 4.78 is 9.78. The SMILES string of the molecule is COC(=O)[C@@H]1N(c2ccc(OC)cc2)C(=O)[C@@]1(O)C(C)C. The molecule has 0 radical (unpaired) electrons. The molecule has 0 unspecified atom stereocenters. The summed E-state index contributed by atoms with van der Waals surface area (Å²) in [5.41, 5.74) is -1.21. The van der Waals surface area contributed by atoms with E-state index in [0.717, 1.165) is 0 Å². The number of hydrogen-bond donors (Lipinski definition) is 1. The number of carbonyl (C=O) groups excluding carboxylic acids is 2. The fourth-order valence-corrected chi connectivity index (χ4v) is 2.53. The standard InChI is InChI=1S/C15H19NO5/c1-9(2)15(19)12(13(17)21-4)16(14(15)18)10-5-7-11(20-3)8-6-10/h5-9,12,19H,1-4H3/t12-,15+/m0/s1. The van der Waals surface area contributed by atoms with E-state index in [4.69, 9.17) is 9.47 Å². The Morgan fingerprint density at radius 2 is 1.86 bits per heavy atom. The van der Waals surface area contributed by atoms with Crippen LogP contribution in [0.1, 0.15) is 13.8 Å². The van der Waals surface area contributed by atoms with E-state index in [-0.39, 0.29) is 0 Å². The van der Waals surface area contributed by atoms with Gasteiger partial charge in [0.2, 0.25) is 0 Å². The number of β-lactam (4-membered cyclic amide) rings is 1. The van der Waals surface area contributed by atoms with E-state index in [1.165, 1.54) is 12.0 Å². The zero-order valence-electron chi connectivity index (χ0n) is 12.5. The third-order valence-electron chi connectivity index (χ3n) is 3.89. The van der Waals surface area contributed by atoms with Crippen molar-refractivity contribution in [2.75, 3.05) is 19.1 Å². The van der Waals surface area contributed by atoms with Crippen LogP contribution in [0.15, 0.2) is 24.3 Å². The van der Waals surface area contributed by atoms with Gasteiger partial charge in [0, 0.05) is 5.69 Å². The lowest BCUT2D eigenvalue weighted by Crippen LogP contribution is -2.79. The Morgan fingerprint density at radius 3 is 2.29 bits per heavy atom. The Kier molecular flexibility index (Phi) is 3.91. The van der Waals surface area contributed by atoms with Crippen LogP contribution in [0.4, 0.5) is 5.69 Å². The number of carbonyl (C=O) groups is 2. The molecule has 1 aromatic carbocycles. The molecule has 0 spiro atoms. The van der Waals surface area contributed by atoms with Gasteiger partial charge in [0.1, 0.15) is 5.75 Å². The van der Waals surface area contributed by atoms with Crippen molar-refractivity contribution in [1.29, 1.82) is 0 Å². The molecule has 2 atom stereocenters. The minimum atomic E-state index is -1.73. The van der Waals surface area contributed by atoms with E-state index >= 15 is 0 Å². The van der Waals surface area contributed by atoms with E-state index in [1.54, 1.807) is 45.2 Å². The molecule has 6 nitrogen and oxygen atoms in total. The highest BCUT2D eigenvalue weighted by atomic mass is 16.5. The second-order valence-electron chi connectivity index (χ2n) is 5.28. The Hall–Kier alpha value is -2.08. The van der Waals surface area contributed by atoms with Gasteiger partial charge in [-0.1, -0.05) is 13.8 Å². The summed E-state index contributed by atoms with van der Waals surface area (Å²) in [6.45, 7) is 3.39. The topological polar surface area (TPSA) is 76.1 Å². The summed E-state index contributed by atoms with van der Waals surface area (Å²) in [5.74, 6) is -0.899. The molecule has 1 amide bonds. The third kappa shape index (κ3) is 2.15. The number of methoxy groups -OCH3 is 2. The Balaban J connectivity index is 2.38. The van der Waals surface area contributed by atoms with Crippen LogP contribution >= 0.6 is 0 Å². The van der Waals surface area contributed by atoms with E-state index in [9.17, 15) is 14.7 Å². The van der Waals surface area contributed by atoms with E-state index in [2.05, 4.69) is 0 Å². The molecule has 0 aliphatic carbocycles. The maximum absolute atomic E-state index is 12.3. The number of benzene rings is 1. The van der Waals surface area contributed by atoms with Crippen molar-refractivity contribution in [2.24, 2.45) is 5.92 Å². The molecule has 1 aromatic rings. The molecule has 1 N–H and O–H groups in total. The third-order valence-corrected chi connectivity index (χ3v) is 3.89. The summed E-state index contributed by atoms with van der Waals surface area (Å²) in [4.78, 5) is 25.6. The number of amides is 1. The molecule has 0 bridgehead atoms. The lowest BCUT2D eigenvalue weighted by Gasteiger charge is -2.52. The zero-order valence-corrected chi connectivity index (χ0v) is 12.5. The highest BCUT2D eigenvalue weighted by molar-refractivity contribution is 6.15. The van der Waals surface area contributed by atoms with Crippen molar-refractivity contribution in [2.45, 2.75) is 25.5 Å². The van der Waals surface area contributed by atoms with Crippen molar-refractivity contribution < 1.29 is 24.2 Å². The fourth-order valence-electron chi connectivity index (χ4n) is 2.53. The molecular formula is C15H19NO5. The quantitative estimate of drug-likeness (QED) is 0.661. The van der Waals surface area contributed by atoms with Gasteiger partial charge in [0.25, 0.3) is 5.91 Å². The van der Waals surface area contributed by atoms with Crippen molar-refractivity contribution in [3.05, 3.63) is 24.3 Å². The van der Waals surface area contributed by atoms with Crippen LogP contribution in [0.5, 0.6) is 5.75 Å². The predicted octanol–water partition coefficient (Wildman–Crippen LogP) is 0.970. The molecule has 0 saturated carbocycles. The fraction of sp³-hybridized carbons (Fsp3) is 0.467. The first-order valence-corrected chi connectivity index (χ1v) is 6.65. The van der Waals surface area contributed by atoms with Crippen LogP contribution in [0.25, 0.3) is 0 Å². The maximum atomic E-state index is 12.3. The minimum Gasteiger partial charge on any atom is -0.497 e. The van der Waals surface area contributed by atoms with Crippen molar-refractivity contribution in [3.8, 4) is 5.75 Å². The molecule has 0 aromatic heterocycles. The first-order chi connectivity index (χ1) is 9.87. The lowest BCUT2D eigenvalue weighted by atomic mass is 9.73. The van der Waals surface area contributed by atoms with Gasteiger partial charge >= 0.3 is 5.97 Å². The minimum absolute atomic E-state index is 0.399. The van der Waals surface area contributed by atoms with E-state index in [0.29, 0.717) is 11.4 Å². The van der Waals surface area contributed by atoms with Gasteiger partial charge in [-0.25, -0.2) is 4.79 Å². The summed E-state index contributed by atoms with van der Waals surface area (Å²) in [7, 11) is 2.77. The summed E-state index contributed by atoms with van der Waals surface area (Å²) in [6, 6.07) is 5.65. The largest absolute Gasteiger partial charge is 0.497 e. The van der Waals surface area contributed by atoms with E-state index in [1.807, 2.05) is 0 Å². The van der Waals surface area contributed by atoms with Crippen LogP contribution in [0.2, 0.25) is 0 Å². The number of hydrogen-bond acceptors (Lipinski definition) is 5. The molecule has 2 rings (SSSR count). The van der Waals surface area contributed by atoms with Crippen LogP contribution in [-0.2, 0) is 14.3 Å². The van der Waals surface area contributed by atoms with Crippen molar-refractivity contribution in [1.82, 2.24) is 0 Å². The number of esters is 1. The van der Waals surface area contributed by atoms with Crippen LogP contribution in [0, 0.1) is 5.92 Å². The molecular weight excluding hydrogens is 274 g/mol. The van der Waals surface area contributed by atoms with Crippen molar-refractivity contribution >= 4 is 17.6 Å². The summed E-state index contributed by atoms with van der Waals surface area (Å²) >= 11 is 0. The number of nitrogens with zero attached hydrogens (tertiary/aromatic N) is 1. The molecule has 21 heavy (non-hydrogen) atoms. The molecule has 1 heterocycles. The molecule has 6 heteroatoms. The number of ether oxygens (including phenoxy) is 2. The second kappa shape index (κ2) is 5.37. The molecule has 1 aliphatic rings. The number of aliphatic hydroxyl groups is 1. The number of anilines is 1. The predicted molar refractivity (Wildman–Crippen MR) is 76.1 cm³/mol. The summed E-state index contributed by atoms with van der Waals surface area (Å²) in [6.07, 6.45) is 0. The molecule has 1 fully saturated rings. The molecule has 1 saturated heterocycles. The second-order valence-corrected chi connectivity index (χ2v) is 5.28. The molecule has 114 valence electrons. The highest BCUT2D eigenvalue weighted by Gasteiger charge is 2.66. The van der Waals surface area contributed by atoms with Gasteiger partial charge in [-0.15, -0.1) is 0 Å². The van der Waals surface area contributed by atoms with Gasteiger partial charge in [-0.2, -0.15) is 0 Å². The lowest BCUT2D eigenvalue weighted by molar-refractivity contribution is -0.174. The summed E-state index contributed by atoms with van der Waals surface area (Å²) in [5, 5.41) is 10.5. The molecule has 1 aliphatic heterocycles. The maximum Gasteiger partial charge on any atom is 0.332 e. The Morgan fingerprint density at radius 1 is 1.29 bits per heavy atom. The normalized spacial score (nSPS) is 24.8. The van der Waals surface area contributed by atoms with Gasteiger partial charge in [-0.05, 0) is 30.2 Å². The first-order valence-electron chi connectivity index (χ1n) is 6.65. The van der Waals surface area contributed by atoms with Crippen LogP contribution in [0.3, 0.4) is 0 Å². The van der Waals surface area contributed by atoms with Gasteiger partial charge in [-0.3, -0.25) is 9.69 Å². The number of rotatable bonds is 4. The highest BCUT2D eigenvalue weighted by Crippen LogP contribution is 2.41. The first kappa shape index (κ1) is 15.3. The average molecular weight is 293 g/mol. The van der Waals surface area contributed by atoms with Crippen LogP contribution < -0.4 is 9.64 Å². The Labute approximate surface area is 123 Å². The zero-order chi connectivity index (χ0) is 15.8. The van der Waals surface area contributed by atoms with E-state index < -0.39 is 29.4 Å². The van der Waals surface area contributed by atoms with Crippen molar-refractivity contribution in [3.63, 3.8) is 0 Å². The van der Waals surface area contributed by atoms with Crippen LogP contribution in [-0.4, -0.2) is 42.8 Å². The van der Waals surface area contributed by atoms with Gasteiger partial charge in [0.05, 0.1) is 14.2 Å². The van der Waals surface area contributed by atoms with Gasteiger partial charge < -0.3 is 14.6 Å². The average Bonchev–Trinajstić information content (AvgIpc) is 2.50. The Bertz CT molecular complexity index is 554.